The Balaban J connectivity index is 0.00000420. The number of nitrogens with one attached hydrogen (secondary N) is 1. The first-order valence-electron chi connectivity index (χ1n) is 20.8. The molecule has 5 saturated carbocycles. The molecule has 6 nitrogen and oxygen atoms in total. The topological polar surface area (TPSA) is 75.7 Å². The van der Waals surface area contributed by atoms with E-state index < -0.39 is 9.84 Å². The van der Waals surface area contributed by atoms with Gasteiger partial charge in [0.1, 0.15) is 0 Å². The number of nitrogens with zero attached hydrogens (tertiary/aromatic N) is 1. The van der Waals surface area contributed by atoms with Crippen molar-refractivity contribution in [2.45, 2.75) is 124 Å². The summed E-state index contributed by atoms with van der Waals surface area (Å²) in [4.78, 5) is 14.5. The molecule has 0 amide bonds. The Hall–Kier alpha value is -1.44. The predicted octanol–water partition coefficient (Wildman–Crippen LogP) is 8.40. The van der Waals surface area contributed by atoms with Crippen LogP contribution in [0.2, 0.25) is 0 Å². The van der Waals surface area contributed by atoms with Gasteiger partial charge in [-0.05, 0) is 152 Å². The van der Waals surface area contributed by atoms with Crippen LogP contribution in [0.25, 0.3) is 0 Å². The van der Waals surface area contributed by atoms with E-state index >= 15 is 0 Å². The standard InChI is InChI=1S/C44H68N2O4S.H2/c1-29(2)32-11-16-44(45-19-20-46-21-23-51(48,49)24-22-46)18-17-41(6)34(37(32)44)9-10-36-40(5)14-12-33(39(3,4)35(40)13-15-42(36,41)7)30-25-43(26-30)27-31(28-43)38(47)50-8;/h12,25,31-32,34-37,45H,1,9-11,13-24,26-28H2,2-8H3;1H/t31?,32-,34+,35-,36+,37+,40-,41+,42+,43?,44-;/m0./s1. The molecule has 9 atom stereocenters. The largest absolute Gasteiger partial charge is 0.469 e. The fourth-order valence-electron chi connectivity index (χ4n) is 15.5. The second-order valence-corrected chi connectivity index (χ2v) is 22.9. The summed E-state index contributed by atoms with van der Waals surface area (Å²) in [5.74, 6) is 4.04. The first-order valence-corrected chi connectivity index (χ1v) is 22.6. The van der Waals surface area contributed by atoms with E-state index in [1.807, 2.05) is 0 Å². The molecule has 8 rings (SSSR count). The number of esters is 1. The van der Waals surface area contributed by atoms with E-state index in [1.165, 1.54) is 70.5 Å². The third-order valence-electron chi connectivity index (χ3n) is 18.2. The number of hydrogen-bond donors (Lipinski definition) is 1. The van der Waals surface area contributed by atoms with Gasteiger partial charge in [0, 0.05) is 33.1 Å². The number of sulfone groups is 1. The molecule has 8 aliphatic rings. The normalized spacial score (nSPS) is 48.1. The highest BCUT2D eigenvalue weighted by molar-refractivity contribution is 7.91. The van der Waals surface area contributed by atoms with Crippen molar-refractivity contribution in [2.24, 2.45) is 62.6 Å². The van der Waals surface area contributed by atoms with Crippen LogP contribution in [0, 0.1) is 62.6 Å². The average Bonchev–Trinajstić information content (AvgIpc) is 3.41. The van der Waals surface area contributed by atoms with Gasteiger partial charge in [-0.1, -0.05) is 58.9 Å². The van der Waals surface area contributed by atoms with Crippen molar-refractivity contribution in [3.63, 3.8) is 0 Å². The van der Waals surface area contributed by atoms with Crippen LogP contribution in [-0.2, 0) is 19.4 Å². The van der Waals surface area contributed by atoms with Crippen molar-refractivity contribution in [3.05, 3.63) is 35.5 Å². The number of carbonyl (C=O) groups is 1. The highest BCUT2D eigenvalue weighted by Gasteiger charge is 2.70. The minimum Gasteiger partial charge on any atom is -0.469 e. The summed E-state index contributed by atoms with van der Waals surface area (Å²) in [7, 11) is -1.33. The minimum atomic E-state index is -2.85. The van der Waals surface area contributed by atoms with Crippen molar-refractivity contribution in [1.82, 2.24) is 10.2 Å². The van der Waals surface area contributed by atoms with Crippen molar-refractivity contribution >= 4 is 15.8 Å². The van der Waals surface area contributed by atoms with Gasteiger partial charge < -0.3 is 15.0 Å². The molecule has 0 unspecified atom stereocenters. The number of methoxy groups -OCH3 is 1. The van der Waals surface area contributed by atoms with Crippen LogP contribution >= 0.6 is 0 Å². The number of ether oxygens (including phenoxy) is 1. The van der Waals surface area contributed by atoms with Crippen LogP contribution in [0.3, 0.4) is 0 Å². The molecule has 286 valence electrons. The minimum absolute atomic E-state index is 0. The average molecular weight is 723 g/mol. The predicted molar refractivity (Wildman–Crippen MR) is 208 cm³/mol. The summed E-state index contributed by atoms with van der Waals surface area (Å²) in [6, 6.07) is 0. The van der Waals surface area contributed by atoms with Crippen LogP contribution in [-0.4, -0.2) is 69.6 Å². The second kappa shape index (κ2) is 12.0. The fourth-order valence-corrected chi connectivity index (χ4v) is 16.7. The number of rotatable bonds is 7. The van der Waals surface area contributed by atoms with Gasteiger partial charge in [-0.3, -0.25) is 4.79 Å². The van der Waals surface area contributed by atoms with E-state index in [2.05, 4.69) is 70.5 Å². The molecule has 1 saturated heterocycles. The highest BCUT2D eigenvalue weighted by Crippen LogP contribution is 2.77. The van der Waals surface area contributed by atoms with Crippen molar-refractivity contribution < 1.29 is 19.4 Å². The molecule has 1 spiro atoms. The first kappa shape index (κ1) is 36.5. The quantitative estimate of drug-likeness (QED) is 0.210. The maximum Gasteiger partial charge on any atom is 0.308 e. The Morgan fingerprint density at radius 2 is 1.69 bits per heavy atom. The molecule has 7 aliphatic carbocycles. The van der Waals surface area contributed by atoms with Crippen molar-refractivity contribution in [3.8, 4) is 0 Å². The Morgan fingerprint density at radius 1 is 0.980 bits per heavy atom. The molecule has 0 aromatic rings. The lowest BCUT2D eigenvalue weighted by atomic mass is 9.32. The molecule has 0 aromatic carbocycles. The molecule has 1 N–H and O–H groups in total. The van der Waals surface area contributed by atoms with Crippen LogP contribution in [0.1, 0.15) is 120 Å². The Labute approximate surface area is 311 Å². The summed E-state index contributed by atoms with van der Waals surface area (Å²) < 4.78 is 29.1. The molecule has 51 heavy (non-hydrogen) atoms. The Bertz CT molecular complexity index is 1630. The molecular weight excluding hydrogens is 653 g/mol. The number of hydrogen-bond acceptors (Lipinski definition) is 6. The molecule has 7 heteroatoms. The molecular formula is C44H70N2O4S. The van der Waals surface area contributed by atoms with Crippen LogP contribution in [0.4, 0.5) is 0 Å². The molecule has 1 heterocycles. The summed E-state index contributed by atoms with van der Waals surface area (Å²) in [5.41, 5.74) is 6.11. The van der Waals surface area contributed by atoms with E-state index in [-0.39, 0.29) is 29.7 Å². The number of carbonyl (C=O) groups excluding carboxylic acids is 1. The van der Waals surface area contributed by atoms with Gasteiger partial charge in [0.15, 0.2) is 9.84 Å². The maximum absolute atomic E-state index is 12.1. The highest BCUT2D eigenvalue weighted by atomic mass is 32.2. The lowest BCUT2D eigenvalue weighted by molar-refractivity contribution is -0.221. The lowest BCUT2D eigenvalue weighted by Gasteiger charge is -2.72. The van der Waals surface area contributed by atoms with Gasteiger partial charge in [-0.25, -0.2) is 8.42 Å². The van der Waals surface area contributed by atoms with E-state index in [0.29, 0.717) is 64.5 Å². The van der Waals surface area contributed by atoms with Crippen LogP contribution in [0.5, 0.6) is 0 Å². The van der Waals surface area contributed by atoms with Gasteiger partial charge in [0.2, 0.25) is 0 Å². The maximum atomic E-state index is 12.1. The van der Waals surface area contributed by atoms with Gasteiger partial charge >= 0.3 is 5.97 Å². The molecule has 0 bridgehead atoms. The Kier molecular flexibility index (Phi) is 8.62. The van der Waals surface area contributed by atoms with E-state index in [0.717, 1.165) is 38.3 Å². The van der Waals surface area contributed by atoms with E-state index in [4.69, 9.17) is 4.74 Å². The third kappa shape index (κ3) is 5.33. The van der Waals surface area contributed by atoms with Gasteiger partial charge in [0.25, 0.3) is 0 Å². The smallest absolute Gasteiger partial charge is 0.308 e. The third-order valence-corrected chi connectivity index (χ3v) is 19.8. The van der Waals surface area contributed by atoms with Crippen molar-refractivity contribution in [2.75, 3.05) is 44.8 Å². The number of fused-ring (bicyclic) bond motifs is 7. The lowest BCUT2D eigenvalue weighted by Crippen LogP contribution is -2.68. The van der Waals surface area contributed by atoms with Crippen LogP contribution < -0.4 is 5.32 Å². The number of allylic oxidation sites excluding steroid dienone is 5. The molecule has 1 aliphatic heterocycles. The van der Waals surface area contributed by atoms with E-state index in [1.54, 1.807) is 11.1 Å². The van der Waals surface area contributed by atoms with Gasteiger partial charge in [-0.2, -0.15) is 0 Å². The van der Waals surface area contributed by atoms with Gasteiger partial charge in [0.05, 0.1) is 24.5 Å². The summed E-state index contributed by atoms with van der Waals surface area (Å²) >= 11 is 0. The summed E-state index contributed by atoms with van der Waals surface area (Å²) in [6.45, 7) is 23.5. The second-order valence-electron chi connectivity index (χ2n) is 20.6. The zero-order valence-corrected chi connectivity index (χ0v) is 33.9. The summed E-state index contributed by atoms with van der Waals surface area (Å²) in [5, 5.41) is 4.23. The monoisotopic (exact) mass is 723 g/mol. The molecule has 0 aromatic heterocycles. The summed E-state index contributed by atoms with van der Waals surface area (Å²) in [6.07, 6.45) is 19.9. The van der Waals surface area contributed by atoms with Gasteiger partial charge in [-0.15, -0.1) is 0 Å². The molecule has 6 fully saturated rings. The zero-order valence-electron chi connectivity index (χ0n) is 33.0. The SMILES string of the molecule is C=C(C)[C@@H]1CC[C@]2(NCCN3CCS(=O)(=O)CC3)CC[C@]3(C)[C@H](CC[C@@H]4[C@@]5(C)CC=C(C6=CC7(C6)CC(C(=O)OC)C7)C(C)(C)[C@@H]5CC[C@]43C)[C@@H]12.[HH]. The fraction of sp³-hybridized carbons (Fsp3) is 0.841. The zero-order chi connectivity index (χ0) is 36.4. The van der Waals surface area contributed by atoms with Crippen LogP contribution in [0.15, 0.2) is 35.5 Å². The van der Waals surface area contributed by atoms with E-state index in [9.17, 15) is 13.2 Å². The Morgan fingerprint density at radius 3 is 2.35 bits per heavy atom. The first-order chi connectivity index (χ1) is 23.9. The molecule has 0 radical (unpaired) electrons. The van der Waals surface area contributed by atoms with Crippen molar-refractivity contribution in [1.29, 1.82) is 0 Å².